The van der Waals surface area contributed by atoms with Gasteiger partial charge in [0.15, 0.2) is 11.5 Å². The van der Waals surface area contributed by atoms with Crippen LogP contribution in [0.25, 0.3) is 22.6 Å². The topological polar surface area (TPSA) is 67.3 Å². The highest BCUT2D eigenvalue weighted by Crippen LogP contribution is 2.14. The highest BCUT2D eigenvalue weighted by Gasteiger charge is 2.03. The van der Waals surface area contributed by atoms with E-state index in [0.29, 0.717) is 11.5 Å². The quantitative estimate of drug-likeness (QED) is 0.640. The number of nitrogens with one attached hydrogen (secondary N) is 1. The molecule has 0 saturated heterocycles. The third kappa shape index (κ3) is 1.34. The summed E-state index contributed by atoms with van der Waals surface area (Å²) in [6.07, 6.45) is 6.77. The van der Waals surface area contributed by atoms with Crippen molar-refractivity contribution in [3.63, 3.8) is 0 Å². The third-order valence-electron chi connectivity index (χ3n) is 2.11. The molecule has 0 bridgehead atoms. The maximum Gasteiger partial charge on any atom is 0.181 e. The van der Waals surface area contributed by atoms with Gasteiger partial charge in [0.05, 0.1) is 12.5 Å². The second kappa shape index (κ2) is 3.13. The van der Waals surface area contributed by atoms with Crippen LogP contribution in [0.1, 0.15) is 0 Å². The normalized spacial score (nSPS) is 10.7. The Morgan fingerprint density at radius 1 is 1.07 bits per heavy atom. The van der Waals surface area contributed by atoms with Crippen LogP contribution < -0.4 is 0 Å². The van der Waals surface area contributed by atoms with Crippen molar-refractivity contribution in [3.05, 3.63) is 37.1 Å². The number of aromatic amines is 1. The molecule has 3 aromatic heterocycles. The van der Waals surface area contributed by atoms with Gasteiger partial charge in [-0.05, 0) is 12.1 Å². The Balaban J connectivity index is 2.19. The molecule has 0 amide bonds. The van der Waals surface area contributed by atoms with E-state index >= 15 is 0 Å². The Labute approximate surface area is 85.3 Å². The minimum absolute atomic E-state index is 0.664. The maximum atomic E-state index is 4.32. The Morgan fingerprint density at radius 3 is 2.80 bits per heavy atom. The highest BCUT2D eigenvalue weighted by atomic mass is 15.0. The highest BCUT2D eigenvalue weighted by molar-refractivity contribution is 5.71. The van der Waals surface area contributed by atoms with E-state index in [1.54, 1.807) is 24.9 Å². The van der Waals surface area contributed by atoms with Crippen LogP contribution in [0.3, 0.4) is 0 Å². The minimum atomic E-state index is 0.664. The van der Waals surface area contributed by atoms with Crippen LogP contribution in [0.4, 0.5) is 0 Å². The molecule has 0 fully saturated rings. The second-order valence-electron chi connectivity index (χ2n) is 3.07. The van der Waals surface area contributed by atoms with Crippen molar-refractivity contribution in [1.82, 2.24) is 24.9 Å². The number of rotatable bonds is 1. The summed E-state index contributed by atoms with van der Waals surface area (Å²) in [5.74, 6) is 0.664. The van der Waals surface area contributed by atoms with Crippen molar-refractivity contribution in [1.29, 1.82) is 0 Å². The van der Waals surface area contributed by atoms with E-state index in [1.807, 2.05) is 12.1 Å². The molecule has 3 rings (SSSR count). The van der Waals surface area contributed by atoms with E-state index in [2.05, 4.69) is 24.9 Å². The van der Waals surface area contributed by atoms with Crippen LogP contribution in [0.2, 0.25) is 0 Å². The summed E-state index contributed by atoms with van der Waals surface area (Å²) in [7, 11) is 0. The Kier molecular flexibility index (Phi) is 1.68. The molecule has 3 aromatic rings. The summed E-state index contributed by atoms with van der Waals surface area (Å²) in [5.41, 5.74) is 2.46. The van der Waals surface area contributed by atoms with Crippen molar-refractivity contribution in [2.45, 2.75) is 0 Å². The van der Waals surface area contributed by atoms with Crippen molar-refractivity contribution in [2.75, 3.05) is 0 Å². The Hall–Kier alpha value is -2.30. The van der Waals surface area contributed by atoms with Gasteiger partial charge in [-0.3, -0.25) is 4.98 Å². The minimum Gasteiger partial charge on any atom is -0.342 e. The number of imidazole rings is 1. The number of H-pyrrole nitrogens is 1. The van der Waals surface area contributed by atoms with Crippen LogP contribution in [0.5, 0.6) is 0 Å². The molecular weight excluding hydrogens is 190 g/mol. The Morgan fingerprint density at radius 2 is 1.93 bits per heavy atom. The largest absolute Gasteiger partial charge is 0.342 e. The van der Waals surface area contributed by atoms with E-state index in [0.717, 1.165) is 11.1 Å². The van der Waals surface area contributed by atoms with Crippen molar-refractivity contribution in [3.8, 4) is 11.4 Å². The number of hydrogen-bond donors (Lipinski definition) is 1. The number of hydrogen-bond acceptors (Lipinski definition) is 4. The lowest BCUT2D eigenvalue weighted by atomic mass is 10.2. The molecule has 5 nitrogen and oxygen atoms in total. The molecule has 0 aliphatic carbocycles. The van der Waals surface area contributed by atoms with Gasteiger partial charge in [0.1, 0.15) is 5.52 Å². The van der Waals surface area contributed by atoms with Crippen molar-refractivity contribution >= 4 is 11.2 Å². The van der Waals surface area contributed by atoms with Gasteiger partial charge in [-0.1, -0.05) is 0 Å². The van der Waals surface area contributed by atoms with E-state index in [1.165, 1.54) is 0 Å². The van der Waals surface area contributed by atoms with Crippen LogP contribution in [0.15, 0.2) is 37.1 Å². The molecule has 0 radical (unpaired) electrons. The fraction of sp³-hybridized carbons (Fsp3) is 0. The summed E-state index contributed by atoms with van der Waals surface area (Å²) in [6.45, 7) is 0. The number of pyridine rings is 1. The van der Waals surface area contributed by atoms with E-state index < -0.39 is 0 Å². The Bertz CT molecular complexity index is 587. The van der Waals surface area contributed by atoms with Crippen LogP contribution in [-0.4, -0.2) is 24.9 Å². The summed E-state index contributed by atoms with van der Waals surface area (Å²) in [4.78, 5) is 19.5. The summed E-state index contributed by atoms with van der Waals surface area (Å²) < 4.78 is 0. The molecular formula is C10H7N5. The van der Waals surface area contributed by atoms with Gasteiger partial charge in [-0.2, -0.15) is 0 Å². The molecule has 0 spiro atoms. The summed E-state index contributed by atoms with van der Waals surface area (Å²) in [6, 6.07) is 3.74. The molecule has 5 heteroatoms. The molecule has 0 aromatic carbocycles. The average Bonchev–Trinajstić information content (AvgIpc) is 2.77. The average molecular weight is 197 g/mol. The summed E-state index contributed by atoms with van der Waals surface area (Å²) in [5, 5.41) is 0. The number of aromatic nitrogens is 5. The molecule has 0 aliphatic rings. The maximum absolute atomic E-state index is 4.32. The number of nitrogens with zero attached hydrogens (tertiary/aromatic N) is 4. The standard InChI is InChI=1S/C10H7N5/c1-3-11-4-2-7(1)9-12-5-8-10(15-9)14-6-13-8/h1-6H,(H,12,13,14,15). The van der Waals surface area contributed by atoms with Crippen molar-refractivity contribution in [2.24, 2.45) is 0 Å². The fourth-order valence-electron chi connectivity index (χ4n) is 1.38. The molecule has 0 saturated carbocycles. The molecule has 0 unspecified atom stereocenters. The molecule has 0 atom stereocenters. The fourth-order valence-corrected chi connectivity index (χ4v) is 1.38. The third-order valence-corrected chi connectivity index (χ3v) is 2.11. The smallest absolute Gasteiger partial charge is 0.181 e. The lowest BCUT2D eigenvalue weighted by molar-refractivity contribution is 1.20. The van der Waals surface area contributed by atoms with Gasteiger partial charge in [0, 0.05) is 18.0 Å². The molecule has 15 heavy (non-hydrogen) atoms. The molecule has 0 aliphatic heterocycles. The van der Waals surface area contributed by atoms with Gasteiger partial charge < -0.3 is 4.98 Å². The SMILES string of the molecule is c1cc(-c2ncc3[nH]cnc3n2)ccn1. The predicted octanol–water partition coefficient (Wildman–Crippen LogP) is 1.41. The zero-order valence-corrected chi connectivity index (χ0v) is 7.75. The van der Waals surface area contributed by atoms with Crippen molar-refractivity contribution < 1.29 is 0 Å². The first-order valence-electron chi connectivity index (χ1n) is 4.50. The van der Waals surface area contributed by atoms with Gasteiger partial charge in [0.2, 0.25) is 0 Å². The lowest BCUT2D eigenvalue weighted by Gasteiger charge is -1.97. The molecule has 72 valence electrons. The first kappa shape index (κ1) is 8.05. The predicted molar refractivity (Wildman–Crippen MR) is 54.9 cm³/mol. The number of fused-ring (bicyclic) bond motifs is 1. The second-order valence-corrected chi connectivity index (χ2v) is 3.07. The molecule has 1 N–H and O–H groups in total. The van der Waals surface area contributed by atoms with Gasteiger partial charge >= 0.3 is 0 Å². The van der Waals surface area contributed by atoms with Crippen LogP contribution in [-0.2, 0) is 0 Å². The van der Waals surface area contributed by atoms with Gasteiger partial charge in [0.25, 0.3) is 0 Å². The van der Waals surface area contributed by atoms with E-state index in [4.69, 9.17) is 0 Å². The van der Waals surface area contributed by atoms with E-state index in [9.17, 15) is 0 Å². The summed E-state index contributed by atoms with van der Waals surface area (Å²) >= 11 is 0. The zero-order valence-electron chi connectivity index (χ0n) is 7.75. The van der Waals surface area contributed by atoms with Crippen LogP contribution in [0, 0.1) is 0 Å². The first-order chi connectivity index (χ1) is 7.43. The van der Waals surface area contributed by atoms with Crippen LogP contribution >= 0.6 is 0 Å². The van der Waals surface area contributed by atoms with E-state index in [-0.39, 0.29) is 0 Å². The van der Waals surface area contributed by atoms with Gasteiger partial charge in [-0.25, -0.2) is 15.0 Å². The van der Waals surface area contributed by atoms with Gasteiger partial charge in [-0.15, -0.1) is 0 Å². The zero-order chi connectivity index (χ0) is 10.1. The first-order valence-corrected chi connectivity index (χ1v) is 4.50. The molecule has 3 heterocycles. The lowest BCUT2D eigenvalue weighted by Crippen LogP contribution is -1.89. The monoisotopic (exact) mass is 197 g/mol.